The maximum Gasteiger partial charge on any atom is 0.417 e. The van der Waals surface area contributed by atoms with E-state index in [0.717, 1.165) is 6.07 Å². The SMILES string of the molecule is O=C([O-])n1c(-c2cc(F)ccc2C(F)(F)F)cc2cnc(Cl)cc21. The van der Waals surface area contributed by atoms with Crippen LogP contribution >= 0.6 is 11.6 Å². The smallest absolute Gasteiger partial charge is 0.417 e. The summed E-state index contributed by atoms with van der Waals surface area (Å²) in [5.74, 6) is -0.940. The lowest BCUT2D eigenvalue weighted by Crippen LogP contribution is -2.29. The Kier molecular flexibility index (Phi) is 3.71. The molecule has 3 rings (SSSR count). The third kappa shape index (κ3) is 2.69. The zero-order chi connectivity index (χ0) is 17.6. The predicted octanol–water partition coefficient (Wildman–Crippen LogP) is 3.71. The van der Waals surface area contributed by atoms with Crippen LogP contribution in [0.2, 0.25) is 5.15 Å². The second-order valence-electron chi connectivity index (χ2n) is 4.88. The summed E-state index contributed by atoms with van der Waals surface area (Å²) in [7, 11) is 0. The minimum Gasteiger partial charge on any atom is -0.529 e. The molecule has 0 atom stereocenters. The highest BCUT2D eigenvalue weighted by molar-refractivity contribution is 6.30. The van der Waals surface area contributed by atoms with Crippen molar-refractivity contribution in [3.05, 3.63) is 53.1 Å². The Hall–Kier alpha value is -2.61. The average Bonchev–Trinajstić information content (AvgIpc) is 2.84. The van der Waals surface area contributed by atoms with Gasteiger partial charge in [0, 0.05) is 23.2 Å². The van der Waals surface area contributed by atoms with Gasteiger partial charge in [0.2, 0.25) is 0 Å². The molecule has 0 N–H and O–H groups in total. The van der Waals surface area contributed by atoms with E-state index in [1.54, 1.807) is 0 Å². The second kappa shape index (κ2) is 5.48. The number of alkyl halides is 3. The van der Waals surface area contributed by atoms with Gasteiger partial charge in [-0.25, -0.2) is 9.37 Å². The Balaban J connectivity index is 2.41. The lowest BCUT2D eigenvalue weighted by Gasteiger charge is -2.16. The Morgan fingerprint density at radius 3 is 2.54 bits per heavy atom. The molecule has 4 nitrogen and oxygen atoms in total. The number of carbonyl (C=O) groups excluding carboxylic acids is 1. The molecule has 0 aliphatic heterocycles. The molecule has 1 aromatic carbocycles. The molecule has 0 fully saturated rings. The molecule has 3 aromatic rings. The summed E-state index contributed by atoms with van der Waals surface area (Å²) >= 11 is 5.70. The molecule has 0 saturated carbocycles. The van der Waals surface area contributed by atoms with Crippen LogP contribution in [0.5, 0.6) is 0 Å². The molecule has 0 amide bonds. The van der Waals surface area contributed by atoms with Crippen LogP contribution in [-0.4, -0.2) is 15.6 Å². The molecule has 0 aliphatic carbocycles. The van der Waals surface area contributed by atoms with Crippen molar-refractivity contribution in [2.24, 2.45) is 0 Å². The largest absolute Gasteiger partial charge is 0.529 e. The summed E-state index contributed by atoms with van der Waals surface area (Å²) in [6.07, 6.45) is -5.38. The lowest BCUT2D eigenvalue weighted by atomic mass is 10.0. The van der Waals surface area contributed by atoms with Crippen LogP contribution in [0.1, 0.15) is 5.56 Å². The molecule has 0 spiro atoms. The summed E-state index contributed by atoms with van der Waals surface area (Å²) in [5, 5.41) is 11.6. The molecule has 0 radical (unpaired) electrons. The van der Waals surface area contributed by atoms with Crippen molar-refractivity contribution in [1.82, 2.24) is 9.55 Å². The lowest BCUT2D eigenvalue weighted by molar-refractivity contribution is -0.249. The number of hydrogen-bond acceptors (Lipinski definition) is 3. The molecule has 24 heavy (non-hydrogen) atoms. The predicted molar refractivity (Wildman–Crippen MR) is 75.9 cm³/mol. The number of benzene rings is 1. The molecule has 2 heterocycles. The maximum atomic E-state index is 13.5. The number of fused-ring (bicyclic) bond motifs is 1. The fourth-order valence-corrected chi connectivity index (χ4v) is 2.60. The molecule has 0 saturated heterocycles. The van der Waals surface area contributed by atoms with Gasteiger partial charge in [-0.15, -0.1) is 0 Å². The topological polar surface area (TPSA) is 57.9 Å². The fourth-order valence-electron chi connectivity index (χ4n) is 2.45. The van der Waals surface area contributed by atoms with Crippen molar-refractivity contribution in [3.63, 3.8) is 0 Å². The highest BCUT2D eigenvalue weighted by Crippen LogP contribution is 2.39. The van der Waals surface area contributed by atoms with Crippen LogP contribution in [0.25, 0.3) is 22.2 Å². The standard InChI is InChI=1S/C15H7ClF4N2O2/c16-13-5-11-7(6-21-13)3-12(22(11)14(23)24)9-4-8(17)1-2-10(9)15(18,19)20/h1-6H,(H,23,24)/p-1. The van der Waals surface area contributed by atoms with Gasteiger partial charge in [0.15, 0.2) is 0 Å². The monoisotopic (exact) mass is 357 g/mol. The van der Waals surface area contributed by atoms with Gasteiger partial charge in [-0.3, -0.25) is 4.57 Å². The van der Waals surface area contributed by atoms with Crippen LogP contribution < -0.4 is 5.11 Å². The van der Waals surface area contributed by atoms with E-state index >= 15 is 0 Å². The quantitative estimate of drug-likeness (QED) is 0.493. The summed E-state index contributed by atoms with van der Waals surface area (Å²) in [6, 6.07) is 4.14. The van der Waals surface area contributed by atoms with E-state index in [1.807, 2.05) is 0 Å². The first-order valence-corrected chi connectivity index (χ1v) is 6.82. The van der Waals surface area contributed by atoms with Crippen LogP contribution in [0, 0.1) is 5.82 Å². The number of hydrogen-bond donors (Lipinski definition) is 0. The molecule has 9 heteroatoms. The molecule has 0 unspecified atom stereocenters. The van der Waals surface area contributed by atoms with E-state index in [0.29, 0.717) is 22.8 Å². The summed E-state index contributed by atoms with van der Waals surface area (Å²) < 4.78 is 53.6. The number of pyridine rings is 1. The van der Waals surface area contributed by atoms with Gasteiger partial charge < -0.3 is 9.90 Å². The molecule has 124 valence electrons. The summed E-state index contributed by atoms with van der Waals surface area (Å²) in [6.45, 7) is 0. The van der Waals surface area contributed by atoms with Crippen molar-refractivity contribution in [1.29, 1.82) is 0 Å². The van der Waals surface area contributed by atoms with E-state index < -0.39 is 29.2 Å². The molecular weight excluding hydrogens is 352 g/mol. The van der Waals surface area contributed by atoms with Crippen molar-refractivity contribution in [2.45, 2.75) is 6.18 Å². The van der Waals surface area contributed by atoms with E-state index in [2.05, 4.69) is 4.98 Å². The van der Waals surface area contributed by atoms with E-state index in [9.17, 15) is 27.5 Å². The van der Waals surface area contributed by atoms with Gasteiger partial charge in [-0.05, 0) is 24.3 Å². The number of rotatable bonds is 1. The minimum absolute atomic E-state index is 0.0117. The van der Waals surface area contributed by atoms with Gasteiger partial charge in [-0.2, -0.15) is 13.2 Å². The maximum absolute atomic E-state index is 13.5. The molecule has 0 aliphatic rings. The molecule has 0 bridgehead atoms. The van der Waals surface area contributed by atoms with Gasteiger partial charge in [0.1, 0.15) is 17.1 Å². The summed E-state index contributed by atoms with van der Waals surface area (Å²) in [4.78, 5) is 15.2. The van der Waals surface area contributed by atoms with Gasteiger partial charge in [0.25, 0.3) is 0 Å². The Labute approximate surface area is 136 Å². The number of halogens is 5. The average molecular weight is 358 g/mol. The Bertz CT molecular complexity index is 966. The molecular formula is C15H6ClF4N2O2-. The van der Waals surface area contributed by atoms with E-state index in [4.69, 9.17) is 11.6 Å². The van der Waals surface area contributed by atoms with Gasteiger partial charge in [-0.1, -0.05) is 11.6 Å². The Morgan fingerprint density at radius 1 is 1.21 bits per heavy atom. The van der Waals surface area contributed by atoms with Crippen molar-refractivity contribution in [3.8, 4) is 11.3 Å². The number of aromatic nitrogens is 2. The third-order valence-corrected chi connectivity index (χ3v) is 3.60. The zero-order valence-corrected chi connectivity index (χ0v) is 12.3. The van der Waals surface area contributed by atoms with Crippen LogP contribution in [0.3, 0.4) is 0 Å². The van der Waals surface area contributed by atoms with Crippen LogP contribution in [-0.2, 0) is 6.18 Å². The van der Waals surface area contributed by atoms with Gasteiger partial charge >= 0.3 is 6.18 Å². The van der Waals surface area contributed by atoms with Gasteiger partial charge in [0.05, 0.1) is 16.8 Å². The van der Waals surface area contributed by atoms with Crippen molar-refractivity contribution >= 4 is 28.6 Å². The normalized spacial score (nSPS) is 11.9. The van der Waals surface area contributed by atoms with Crippen molar-refractivity contribution in [2.75, 3.05) is 0 Å². The van der Waals surface area contributed by atoms with Crippen LogP contribution in [0.15, 0.2) is 36.5 Å². The number of nitrogens with zero attached hydrogens (tertiary/aromatic N) is 2. The number of carboxylic acid groups (broad SMARTS) is 1. The first kappa shape index (κ1) is 16.3. The van der Waals surface area contributed by atoms with Crippen LogP contribution in [0.4, 0.5) is 22.4 Å². The highest BCUT2D eigenvalue weighted by atomic mass is 35.5. The first-order valence-electron chi connectivity index (χ1n) is 6.44. The Morgan fingerprint density at radius 2 is 1.92 bits per heavy atom. The molecule has 2 aromatic heterocycles. The highest BCUT2D eigenvalue weighted by Gasteiger charge is 2.34. The third-order valence-electron chi connectivity index (χ3n) is 3.40. The fraction of sp³-hybridized carbons (Fsp3) is 0.0667. The second-order valence-corrected chi connectivity index (χ2v) is 5.27. The minimum atomic E-state index is -4.80. The number of carbonyl (C=O) groups is 1. The van der Waals surface area contributed by atoms with E-state index in [1.165, 1.54) is 12.3 Å². The van der Waals surface area contributed by atoms with Crippen molar-refractivity contribution < 1.29 is 27.5 Å². The zero-order valence-electron chi connectivity index (χ0n) is 11.6. The van der Waals surface area contributed by atoms with E-state index in [-0.39, 0.29) is 21.7 Å². The summed E-state index contributed by atoms with van der Waals surface area (Å²) in [5.41, 5.74) is -2.20. The first-order chi connectivity index (χ1) is 11.2.